The Kier molecular flexibility index (Phi) is 3.83. The molecule has 1 aromatic carbocycles. The molecule has 0 unspecified atom stereocenters. The minimum atomic E-state index is -1.09. The Bertz CT molecular complexity index is 524. The first kappa shape index (κ1) is 14.6. The normalized spacial score (nSPS) is 23.8. The maximum Gasteiger partial charge on any atom is 0.315 e. The third-order valence-electron chi connectivity index (χ3n) is 3.21. The van der Waals surface area contributed by atoms with E-state index in [2.05, 4.69) is 0 Å². The molecule has 1 aromatic rings. The van der Waals surface area contributed by atoms with Crippen LogP contribution in [0.5, 0.6) is 0 Å². The predicted molar refractivity (Wildman–Crippen MR) is 73.9 cm³/mol. The largest absolute Gasteiger partial charge is 0.457 e. The van der Waals surface area contributed by atoms with Gasteiger partial charge in [0, 0.05) is 17.0 Å². The van der Waals surface area contributed by atoms with Gasteiger partial charge in [-0.05, 0) is 31.2 Å². The Labute approximate surface area is 125 Å². The molecular formula is C13H11Cl3O3. The molecule has 0 bridgehead atoms. The van der Waals surface area contributed by atoms with Gasteiger partial charge in [-0.1, -0.05) is 11.6 Å². The van der Waals surface area contributed by atoms with Gasteiger partial charge in [0.2, 0.25) is 0 Å². The first-order valence-electron chi connectivity index (χ1n) is 5.60. The van der Waals surface area contributed by atoms with E-state index in [1.807, 2.05) is 0 Å². The zero-order chi connectivity index (χ0) is 14.3. The standard InChI is InChI=1S/C13H11Cl3O3/c1-12(7-13(12,15)16)11(18)19-6-10(17)8-2-4-9(14)5-3-8/h2-5H,6-7H2,1H3/t12-/m1/s1. The highest BCUT2D eigenvalue weighted by Gasteiger charge is 2.69. The number of carbonyl (C=O) groups is 2. The molecule has 1 aliphatic rings. The molecule has 0 radical (unpaired) electrons. The van der Waals surface area contributed by atoms with E-state index in [0.29, 0.717) is 17.0 Å². The summed E-state index contributed by atoms with van der Waals surface area (Å²) in [7, 11) is 0. The Balaban J connectivity index is 1.91. The van der Waals surface area contributed by atoms with Gasteiger partial charge in [0.05, 0.1) is 0 Å². The Morgan fingerprint density at radius 3 is 2.26 bits per heavy atom. The summed E-state index contributed by atoms with van der Waals surface area (Å²) in [5.74, 6) is -0.858. The third kappa shape index (κ3) is 2.88. The molecule has 1 atom stereocenters. The lowest BCUT2D eigenvalue weighted by Crippen LogP contribution is -2.24. The summed E-state index contributed by atoms with van der Waals surface area (Å²) in [5, 5.41) is 0.535. The molecule has 0 heterocycles. The number of alkyl halides is 2. The number of hydrogen-bond acceptors (Lipinski definition) is 3. The molecule has 1 saturated carbocycles. The van der Waals surface area contributed by atoms with Gasteiger partial charge in [-0.15, -0.1) is 23.2 Å². The van der Waals surface area contributed by atoms with Crippen LogP contribution in [0.15, 0.2) is 24.3 Å². The van der Waals surface area contributed by atoms with Crippen LogP contribution in [-0.4, -0.2) is 22.7 Å². The monoisotopic (exact) mass is 320 g/mol. The van der Waals surface area contributed by atoms with Crippen LogP contribution in [0.25, 0.3) is 0 Å². The number of Topliss-reactive ketones (excluding diaryl/α,β-unsaturated/α-hetero) is 1. The number of benzene rings is 1. The highest BCUT2D eigenvalue weighted by Crippen LogP contribution is 2.64. The van der Waals surface area contributed by atoms with E-state index < -0.39 is 15.7 Å². The van der Waals surface area contributed by atoms with Crippen molar-refractivity contribution < 1.29 is 14.3 Å². The molecule has 0 amide bonds. The SMILES string of the molecule is C[C@]1(C(=O)OCC(=O)c2ccc(Cl)cc2)CC1(Cl)Cl. The van der Waals surface area contributed by atoms with Crippen LogP contribution < -0.4 is 0 Å². The highest BCUT2D eigenvalue weighted by atomic mass is 35.5. The number of carbonyl (C=O) groups excluding carboxylic acids is 2. The van der Waals surface area contributed by atoms with Crippen molar-refractivity contribution in [3.63, 3.8) is 0 Å². The summed E-state index contributed by atoms with van der Waals surface area (Å²) in [4.78, 5) is 23.6. The van der Waals surface area contributed by atoms with Crippen LogP contribution in [0.2, 0.25) is 5.02 Å². The van der Waals surface area contributed by atoms with Crippen molar-refractivity contribution in [3.05, 3.63) is 34.9 Å². The molecule has 0 spiro atoms. The van der Waals surface area contributed by atoms with E-state index in [0.717, 1.165) is 0 Å². The molecule has 102 valence electrons. The van der Waals surface area contributed by atoms with Gasteiger partial charge in [0.25, 0.3) is 0 Å². The lowest BCUT2D eigenvalue weighted by atomic mass is 10.1. The fraction of sp³-hybridized carbons (Fsp3) is 0.385. The summed E-state index contributed by atoms with van der Waals surface area (Å²) in [6, 6.07) is 6.35. The average Bonchev–Trinajstić information content (AvgIpc) is 2.87. The van der Waals surface area contributed by atoms with Crippen molar-refractivity contribution in [1.29, 1.82) is 0 Å². The number of hydrogen-bond donors (Lipinski definition) is 0. The van der Waals surface area contributed by atoms with E-state index in [1.165, 1.54) is 0 Å². The number of rotatable bonds is 4. The number of ether oxygens (including phenoxy) is 1. The predicted octanol–water partition coefficient (Wildman–Crippen LogP) is 3.65. The van der Waals surface area contributed by atoms with Crippen molar-refractivity contribution in [3.8, 4) is 0 Å². The van der Waals surface area contributed by atoms with Crippen molar-refractivity contribution in [1.82, 2.24) is 0 Å². The second kappa shape index (κ2) is 4.97. The number of halogens is 3. The Morgan fingerprint density at radius 2 is 1.79 bits per heavy atom. The van der Waals surface area contributed by atoms with E-state index >= 15 is 0 Å². The number of esters is 1. The molecule has 0 aromatic heterocycles. The van der Waals surface area contributed by atoms with Crippen LogP contribution in [0.1, 0.15) is 23.7 Å². The molecule has 0 N–H and O–H groups in total. The summed E-state index contributed by atoms with van der Waals surface area (Å²) >= 11 is 17.4. The molecule has 2 rings (SSSR count). The van der Waals surface area contributed by atoms with Crippen molar-refractivity contribution in [2.24, 2.45) is 5.41 Å². The smallest absolute Gasteiger partial charge is 0.315 e. The summed E-state index contributed by atoms with van der Waals surface area (Å²) < 4.78 is 3.87. The van der Waals surface area contributed by atoms with Crippen LogP contribution in [0, 0.1) is 5.41 Å². The van der Waals surface area contributed by atoms with Gasteiger partial charge in [-0.3, -0.25) is 9.59 Å². The van der Waals surface area contributed by atoms with Crippen LogP contribution in [-0.2, 0) is 9.53 Å². The molecule has 1 aliphatic carbocycles. The quantitative estimate of drug-likeness (QED) is 0.483. The third-order valence-corrected chi connectivity index (χ3v) is 4.56. The second-order valence-electron chi connectivity index (χ2n) is 4.72. The Morgan fingerprint density at radius 1 is 1.26 bits per heavy atom. The van der Waals surface area contributed by atoms with Crippen LogP contribution in [0.3, 0.4) is 0 Å². The minimum absolute atomic E-state index is 0.302. The zero-order valence-corrected chi connectivity index (χ0v) is 12.4. The van der Waals surface area contributed by atoms with E-state index in [-0.39, 0.29) is 12.4 Å². The summed E-state index contributed by atoms with van der Waals surface area (Å²) in [6.45, 7) is 1.28. The van der Waals surface area contributed by atoms with Gasteiger partial charge in [0.1, 0.15) is 9.75 Å². The molecular weight excluding hydrogens is 310 g/mol. The first-order chi connectivity index (χ1) is 8.76. The lowest BCUT2D eigenvalue weighted by molar-refractivity contribution is -0.148. The van der Waals surface area contributed by atoms with Gasteiger partial charge < -0.3 is 4.74 Å². The van der Waals surface area contributed by atoms with Crippen molar-refractivity contribution in [2.45, 2.75) is 17.7 Å². The lowest BCUT2D eigenvalue weighted by Gasteiger charge is -2.11. The number of ketones is 1. The van der Waals surface area contributed by atoms with Crippen molar-refractivity contribution >= 4 is 46.6 Å². The van der Waals surface area contributed by atoms with E-state index in [1.54, 1.807) is 31.2 Å². The highest BCUT2D eigenvalue weighted by molar-refractivity contribution is 6.53. The van der Waals surface area contributed by atoms with E-state index in [9.17, 15) is 9.59 Å². The van der Waals surface area contributed by atoms with Gasteiger partial charge in [-0.25, -0.2) is 0 Å². The molecule has 6 heteroatoms. The van der Waals surface area contributed by atoms with Gasteiger partial charge >= 0.3 is 5.97 Å². The molecule has 0 aliphatic heterocycles. The fourth-order valence-electron chi connectivity index (χ4n) is 1.63. The van der Waals surface area contributed by atoms with Crippen molar-refractivity contribution in [2.75, 3.05) is 6.61 Å². The van der Waals surface area contributed by atoms with Crippen LogP contribution >= 0.6 is 34.8 Å². The fourth-order valence-corrected chi connectivity index (χ4v) is 2.45. The topological polar surface area (TPSA) is 43.4 Å². The van der Waals surface area contributed by atoms with Crippen LogP contribution in [0.4, 0.5) is 0 Å². The van der Waals surface area contributed by atoms with Gasteiger partial charge in [-0.2, -0.15) is 0 Å². The summed E-state index contributed by atoms with van der Waals surface area (Å²) in [5.41, 5.74) is -0.489. The van der Waals surface area contributed by atoms with Gasteiger partial charge in [0.15, 0.2) is 12.4 Å². The zero-order valence-electron chi connectivity index (χ0n) is 10.1. The molecule has 0 saturated heterocycles. The first-order valence-corrected chi connectivity index (χ1v) is 6.73. The summed E-state index contributed by atoms with van der Waals surface area (Å²) in [6.07, 6.45) is 0.330. The van der Waals surface area contributed by atoms with E-state index in [4.69, 9.17) is 39.5 Å². The second-order valence-corrected chi connectivity index (χ2v) is 6.64. The molecule has 3 nitrogen and oxygen atoms in total. The average molecular weight is 322 g/mol. The molecule has 19 heavy (non-hydrogen) atoms. The minimum Gasteiger partial charge on any atom is -0.457 e. The maximum absolute atomic E-state index is 11.8. The Hall–Kier alpha value is -0.770. The maximum atomic E-state index is 11.8. The molecule has 1 fully saturated rings.